The Morgan fingerprint density at radius 3 is 2.43 bits per heavy atom. The molecule has 0 saturated heterocycles. The summed E-state index contributed by atoms with van der Waals surface area (Å²) in [6, 6.07) is 4.62. The molecule has 2 amide bonds. The second-order valence-electron chi connectivity index (χ2n) is 6.25. The van der Waals surface area contributed by atoms with Crippen LogP contribution in [0.5, 0.6) is 0 Å². The SMILES string of the molecule is Cc1cccc(NC(=O)NCC(C)(C)C(C)C)c1C(=O)O. The molecule has 0 aliphatic heterocycles. The zero-order chi connectivity index (χ0) is 16.2. The Kier molecular flexibility index (Phi) is 5.35. The minimum Gasteiger partial charge on any atom is -0.478 e. The molecule has 1 aromatic rings. The largest absolute Gasteiger partial charge is 0.478 e. The van der Waals surface area contributed by atoms with Crippen molar-refractivity contribution in [2.24, 2.45) is 11.3 Å². The molecule has 0 saturated carbocycles. The van der Waals surface area contributed by atoms with Crippen LogP contribution in [-0.4, -0.2) is 23.7 Å². The van der Waals surface area contributed by atoms with Crippen LogP contribution < -0.4 is 10.6 Å². The highest BCUT2D eigenvalue weighted by Gasteiger charge is 2.23. The van der Waals surface area contributed by atoms with Crippen LogP contribution in [0.2, 0.25) is 0 Å². The third-order valence-corrected chi connectivity index (χ3v) is 4.00. The van der Waals surface area contributed by atoms with Crippen LogP contribution in [0.15, 0.2) is 18.2 Å². The standard InChI is InChI=1S/C16H24N2O3/c1-10(2)16(4,5)9-17-15(21)18-12-8-6-7-11(3)13(12)14(19)20/h6-8,10H,9H2,1-5H3,(H,19,20)(H2,17,18,21). The van der Waals surface area contributed by atoms with E-state index in [0.29, 0.717) is 23.7 Å². The average Bonchev–Trinajstić information content (AvgIpc) is 2.36. The van der Waals surface area contributed by atoms with E-state index in [1.54, 1.807) is 25.1 Å². The predicted molar refractivity (Wildman–Crippen MR) is 83.8 cm³/mol. The number of rotatable bonds is 5. The highest BCUT2D eigenvalue weighted by molar-refractivity contribution is 6.01. The number of aryl methyl sites for hydroxylation is 1. The van der Waals surface area contributed by atoms with Gasteiger partial charge in [0.05, 0.1) is 11.3 Å². The van der Waals surface area contributed by atoms with E-state index in [2.05, 4.69) is 38.3 Å². The Labute approximate surface area is 125 Å². The number of urea groups is 1. The second-order valence-corrected chi connectivity index (χ2v) is 6.25. The molecule has 1 rings (SSSR count). The van der Waals surface area contributed by atoms with Crippen LogP contribution in [0, 0.1) is 18.3 Å². The van der Waals surface area contributed by atoms with Crippen LogP contribution in [-0.2, 0) is 0 Å². The van der Waals surface area contributed by atoms with Gasteiger partial charge in [-0.2, -0.15) is 0 Å². The molecule has 0 atom stereocenters. The maximum atomic E-state index is 12.0. The number of hydrogen-bond acceptors (Lipinski definition) is 2. The minimum absolute atomic E-state index is 0.0282. The lowest BCUT2D eigenvalue weighted by molar-refractivity contribution is 0.0697. The molecule has 116 valence electrons. The molecule has 0 bridgehead atoms. The minimum atomic E-state index is -1.05. The topological polar surface area (TPSA) is 78.4 Å². The van der Waals surface area contributed by atoms with Crippen LogP contribution >= 0.6 is 0 Å². The maximum Gasteiger partial charge on any atom is 0.338 e. The van der Waals surface area contributed by atoms with Gasteiger partial charge in [0, 0.05) is 6.54 Å². The van der Waals surface area contributed by atoms with Crippen molar-refractivity contribution >= 4 is 17.7 Å². The molecule has 0 unspecified atom stereocenters. The summed E-state index contributed by atoms with van der Waals surface area (Å²) in [5.41, 5.74) is 1.01. The quantitative estimate of drug-likeness (QED) is 0.777. The fraction of sp³-hybridized carbons (Fsp3) is 0.500. The summed E-state index contributed by atoms with van der Waals surface area (Å²) in [5, 5.41) is 14.6. The zero-order valence-electron chi connectivity index (χ0n) is 13.3. The third kappa shape index (κ3) is 4.48. The van der Waals surface area contributed by atoms with Crippen molar-refractivity contribution in [1.82, 2.24) is 5.32 Å². The monoisotopic (exact) mass is 292 g/mol. The van der Waals surface area contributed by atoms with Crippen LogP contribution in [0.1, 0.15) is 43.6 Å². The number of carboxylic acids is 1. The van der Waals surface area contributed by atoms with Gasteiger partial charge >= 0.3 is 12.0 Å². The average molecular weight is 292 g/mol. The molecule has 5 heteroatoms. The normalized spacial score (nSPS) is 11.3. The van der Waals surface area contributed by atoms with E-state index < -0.39 is 12.0 Å². The zero-order valence-corrected chi connectivity index (χ0v) is 13.3. The van der Waals surface area contributed by atoms with Gasteiger partial charge in [0.1, 0.15) is 0 Å². The van der Waals surface area contributed by atoms with Crippen molar-refractivity contribution in [1.29, 1.82) is 0 Å². The molecule has 0 aliphatic carbocycles. The smallest absolute Gasteiger partial charge is 0.338 e. The third-order valence-electron chi connectivity index (χ3n) is 4.00. The van der Waals surface area contributed by atoms with Gasteiger partial charge in [-0.1, -0.05) is 39.8 Å². The number of anilines is 1. The molecular formula is C16H24N2O3. The number of aromatic carboxylic acids is 1. The summed E-state index contributed by atoms with van der Waals surface area (Å²) >= 11 is 0. The number of benzene rings is 1. The molecule has 0 heterocycles. The first kappa shape index (κ1) is 17.0. The van der Waals surface area contributed by atoms with E-state index in [0.717, 1.165) is 0 Å². The maximum absolute atomic E-state index is 12.0. The predicted octanol–water partition coefficient (Wildman–Crippen LogP) is 3.50. The lowest BCUT2D eigenvalue weighted by Gasteiger charge is -2.29. The molecule has 0 aromatic heterocycles. The number of carboxylic acid groups (broad SMARTS) is 1. The Morgan fingerprint density at radius 2 is 1.90 bits per heavy atom. The Morgan fingerprint density at radius 1 is 1.29 bits per heavy atom. The fourth-order valence-electron chi connectivity index (χ4n) is 1.73. The van der Waals surface area contributed by atoms with Crippen molar-refractivity contribution < 1.29 is 14.7 Å². The molecular weight excluding hydrogens is 268 g/mol. The number of amides is 2. The summed E-state index contributed by atoms with van der Waals surface area (Å²) < 4.78 is 0. The highest BCUT2D eigenvalue weighted by atomic mass is 16.4. The summed E-state index contributed by atoms with van der Waals surface area (Å²) in [6.45, 7) is 10.6. The van der Waals surface area contributed by atoms with Crippen LogP contribution in [0.3, 0.4) is 0 Å². The van der Waals surface area contributed by atoms with E-state index in [9.17, 15) is 14.7 Å². The molecule has 0 aliphatic rings. The van der Waals surface area contributed by atoms with E-state index in [4.69, 9.17) is 0 Å². The summed E-state index contributed by atoms with van der Waals surface area (Å²) in [4.78, 5) is 23.2. The van der Waals surface area contributed by atoms with E-state index >= 15 is 0 Å². The van der Waals surface area contributed by atoms with Gasteiger partial charge in [-0.3, -0.25) is 0 Å². The lowest BCUT2D eigenvalue weighted by atomic mass is 9.81. The van der Waals surface area contributed by atoms with Gasteiger partial charge in [-0.25, -0.2) is 9.59 Å². The van der Waals surface area contributed by atoms with Gasteiger partial charge in [0.15, 0.2) is 0 Å². The van der Waals surface area contributed by atoms with Gasteiger partial charge in [-0.05, 0) is 29.9 Å². The van der Waals surface area contributed by atoms with Gasteiger partial charge < -0.3 is 15.7 Å². The molecule has 0 radical (unpaired) electrons. The van der Waals surface area contributed by atoms with Crippen LogP contribution in [0.4, 0.5) is 10.5 Å². The van der Waals surface area contributed by atoms with Gasteiger partial charge in [-0.15, -0.1) is 0 Å². The van der Waals surface area contributed by atoms with Gasteiger partial charge in [0.2, 0.25) is 0 Å². The van der Waals surface area contributed by atoms with Crippen LogP contribution in [0.25, 0.3) is 0 Å². The first-order valence-corrected chi connectivity index (χ1v) is 7.03. The van der Waals surface area contributed by atoms with E-state index in [-0.39, 0.29) is 11.0 Å². The first-order chi connectivity index (χ1) is 9.65. The van der Waals surface area contributed by atoms with Crippen molar-refractivity contribution in [3.63, 3.8) is 0 Å². The fourth-order valence-corrected chi connectivity index (χ4v) is 1.73. The molecule has 5 nitrogen and oxygen atoms in total. The van der Waals surface area contributed by atoms with Crippen molar-refractivity contribution in [3.05, 3.63) is 29.3 Å². The molecule has 0 spiro atoms. The number of carbonyl (C=O) groups is 2. The molecule has 21 heavy (non-hydrogen) atoms. The van der Waals surface area contributed by atoms with Gasteiger partial charge in [0.25, 0.3) is 0 Å². The first-order valence-electron chi connectivity index (χ1n) is 7.03. The molecule has 0 fully saturated rings. The van der Waals surface area contributed by atoms with Crippen molar-refractivity contribution in [2.45, 2.75) is 34.6 Å². The summed E-state index contributed by atoms with van der Waals surface area (Å²) in [5.74, 6) is -0.628. The molecule has 1 aromatic carbocycles. The Balaban J connectivity index is 2.77. The Bertz CT molecular complexity index is 536. The van der Waals surface area contributed by atoms with E-state index in [1.165, 1.54) is 0 Å². The van der Waals surface area contributed by atoms with Crippen molar-refractivity contribution in [3.8, 4) is 0 Å². The van der Waals surface area contributed by atoms with Crippen molar-refractivity contribution in [2.75, 3.05) is 11.9 Å². The summed E-state index contributed by atoms with van der Waals surface area (Å²) in [7, 11) is 0. The Hall–Kier alpha value is -2.04. The summed E-state index contributed by atoms with van der Waals surface area (Å²) in [6.07, 6.45) is 0. The molecule has 3 N–H and O–H groups in total. The second kappa shape index (κ2) is 6.61. The van der Waals surface area contributed by atoms with E-state index in [1.807, 2.05) is 0 Å². The lowest BCUT2D eigenvalue weighted by Crippen LogP contribution is -2.39. The highest BCUT2D eigenvalue weighted by Crippen LogP contribution is 2.25. The number of carbonyl (C=O) groups excluding carboxylic acids is 1. The number of nitrogens with one attached hydrogen (secondary N) is 2. The number of hydrogen-bond donors (Lipinski definition) is 3.